The molecule has 158 valence electrons. The van der Waals surface area contributed by atoms with Gasteiger partial charge >= 0.3 is 5.97 Å². The molecule has 2 aromatic rings. The lowest BCUT2D eigenvalue weighted by Gasteiger charge is -2.23. The van der Waals surface area contributed by atoms with Gasteiger partial charge < -0.3 is 20.5 Å². The monoisotopic (exact) mass is 404 g/mol. The van der Waals surface area contributed by atoms with Crippen LogP contribution in [-0.4, -0.2) is 50.8 Å². The summed E-state index contributed by atoms with van der Waals surface area (Å²) < 4.78 is 12.2. The average molecular weight is 404 g/mol. The van der Waals surface area contributed by atoms with Crippen LogP contribution >= 0.6 is 0 Å². The molecule has 1 aromatic heterocycles. The number of hydrogen-bond acceptors (Lipinski definition) is 8. The molecule has 2 rings (SSSR count). The molecule has 1 heterocycles. The summed E-state index contributed by atoms with van der Waals surface area (Å²) >= 11 is 0. The first-order valence-electron chi connectivity index (χ1n) is 9.44. The van der Waals surface area contributed by atoms with Crippen LogP contribution in [-0.2, 0) is 32.2 Å². The van der Waals surface area contributed by atoms with Gasteiger partial charge in [-0.3, -0.25) is 9.59 Å². The highest BCUT2D eigenvalue weighted by molar-refractivity contribution is 5.85. The minimum absolute atomic E-state index is 0.111. The van der Waals surface area contributed by atoms with Crippen LogP contribution in [0.2, 0.25) is 0 Å². The van der Waals surface area contributed by atoms with Crippen LogP contribution in [0.1, 0.15) is 44.6 Å². The van der Waals surface area contributed by atoms with Gasteiger partial charge in [0.05, 0.1) is 38.3 Å². The van der Waals surface area contributed by atoms with Gasteiger partial charge in [-0.05, 0) is 36.8 Å². The molecule has 10 heteroatoms. The van der Waals surface area contributed by atoms with E-state index in [0.717, 1.165) is 5.56 Å². The number of hydrogen-bond donors (Lipinski definition) is 2. The van der Waals surface area contributed by atoms with Gasteiger partial charge in [0.2, 0.25) is 5.91 Å². The number of carbonyl (C=O) groups excluding carboxylic acids is 2. The van der Waals surface area contributed by atoms with Crippen molar-refractivity contribution in [2.24, 2.45) is 5.73 Å². The maximum Gasteiger partial charge on any atom is 0.307 e. The molecule has 10 nitrogen and oxygen atoms in total. The Morgan fingerprint density at radius 1 is 1.28 bits per heavy atom. The Morgan fingerprint density at radius 3 is 2.66 bits per heavy atom. The van der Waals surface area contributed by atoms with Crippen LogP contribution in [0.3, 0.4) is 0 Å². The summed E-state index contributed by atoms with van der Waals surface area (Å²) in [4.78, 5) is 24.1. The van der Waals surface area contributed by atoms with E-state index in [9.17, 15) is 9.59 Å². The molecule has 0 radical (unpaired) electrons. The number of aryl methyl sites for hydroxylation is 1. The molecule has 0 bridgehead atoms. The van der Waals surface area contributed by atoms with E-state index in [1.54, 1.807) is 20.8 Å². The fourth-order valence-electron chi connectivity index (χ4n) is 2.44. The number of nitrogens with two attached hydrogens (primary N) is 1. The van der Waals surface area contributed by atoms with Crippen molar-refractivity contribution < 1.29 is 19.1 Å². The van der Waals surface area contributed by atoms with E-state index in [-0.39, 0.29) is 31.4 Å². The highest BCUT2D eigenvalue weighted by atomic mass is 16.5. The number of rotatable bonds is 11. The summed E-state index contributed by atoms with van der Waals surface area (Å²) in [7, 11) is 0. The fourth-order valence-corrected chi connectivity index (χ4v) is 2.44. The van der Waals surface area contributed by atoms with E-state index in [1.807, 2.05) is 30.3 Å². The predicted octanol–water partition coefficient (Wildman–Crippen LogP) is 0.738. The molecule has 0 aliphatic rings. The van der Waals surface area contributed by atoms with E-state index in [0.29, 0.717) is 19.0 Å². The summed E-state index contributed by atoms with van der Waals surface area (Å²) in [5.74, 6) is -0.344. The number of nitrogens with zero attached hydrogens (tertiary/aromatic N) is 4. The number of nitrogens with one attached hydrogen (secondary N) is 1. The van der Waals surface area contributed by atoms with E-state index in [2.05, 4.69) is 20.8 Å². The highest BCUT2D eigenvalue weighted by Crippen LogP contribution is 2.13. The molecule has 1 amide bonds. The van der Waals surface area contributed by atoms with Crippen LogP contribution < -0.4 is 11.1 Å². The molecular weight excluding hydrogens is 376 g/mol. The molecule has 1 aromatic carbocycles. The Balaban J connectivity index is 2.09. The topological polar surface area (TPSA) is 134 Å². The third-order valence-corrected chi connectivity index (χ3v) is 3.99. The van der Waals surface area contributed by atoms with Crippen molar-refractivity contribution in [3.8, 4) is 0 Å². The smallest absolute Gasteiger partial charge is 0.307 e. The molecule has 29 heavy (non-hydrogen) atoms. The average Bonchev–Trinajstić information content (AvgIpc) is 3.14. The van der Waals surface area contributed by atoms with Gasteiger partial charge in [-0.2, -0.15) is 0 Å². The molecule has 0 aliphatic heterocycles. The minimum Gasteiger partial charge on any atom is -0.466 e. The quantitative estimate of drug-likeness (QED) is 0.524. The maximum atomic E-state index is 12.4. The SMILES string of the molecule is CCOC(=O)CCn1nnnc1[C@@H](COCc1ccccc1)NC(=O)C(C)(C)N. The molecule has 1 atom stereocenters. The second kappa shape index (κ2) is 10.6. The minimum atomic E-state index is -1.08. The number of carbonyl (C=O) groups is 2. The van der Waals surface area contributed by atoms with Crippen molar-refractivity contribution in [3.05, 3.63) is 41.7 Å². The van der Waals surface area contributed by atoms with Gasteiger partial charge in [-0.25, -0.2) is 4.68 Å². The highest BCUT2D eigenvalue weighted by Gasteiger charge is 2.28. The number of aromatic nitrogens is 4. The predicted molar refractivity (Wildman–Crippen MR) is 104 cm³/mol. The first-order chi connectivity index (χ1) is 13.8. The van der Waals surface area contributed by atoms with Crippen LogP contribution in [0.25, 0.3) is 0 Å². The number of benzene rings is 1. The molecular formula is C19H28N6O4. The molecule has 0 unspecified atom stereocenters. The zero-order valence-electron chi connectivity index (χ0n) is 17.0. The van der Waals surface area contributed by atoms with Gasteiger partial charge in [0.1, 0.15) is 6.04 Å². The summed E-state index contributed by atoms with van der Waals surface area (Å²) in [5.41, 5.74) is 5.81. The molecule has 0 saturated heterocycles. The van der Waals surface area contributed by atoms with Crippen LogP contribution in [0.4, 0.5) is 0 Å². The third kappa shape index (κ3) is 7.24. The Hall–Kier alpha value is -2.85. The molecule has 0 saturated carbocycles. The fraction of sp³-hybridized carbons (Fsp3) is 0.526. The number of tetrazole rings is 1. The first kappa shape index (κ1) is 22.4. The van der Waals surface area contributed by atoms with E-state index >= 15 is 0 Å². The largest absolute Gasteiger partial charge is 0.466 e. The number of esters is 1. The van der Waals surface area contributed by atoms with Crippen LogP contribution in [0.15, 0.2) is 30.3 Å². The van der Waals surface area contributed by atoms with Gasteiger partial charge in [-0.1, -0.05) is 30.3 Å². The molecule has 0 fully saturated rings. The van der Waals surface area contributed by atoms with Gasteiger partial charge in [0.15, 0.2) is 5.82 Å². The lowest BCUT2D eigenvalue weighted by Crippen LogP contribution is -2.51. The normalized spacial score (nSPS) is 12.4. The Labute approximate surface area is 169 Å². The van der Waals surface area contributed by atoms with Crippen molar-refractivity contribution in [1.29, 1.82) is 0 Å². The molecule has 0 aliphatic carbocycles. The second-order valence-corrected chi connectivity index (χ2v) is 7.06. The summed E-state index contributed by atoms with van der Waals surface area (Å²) in [6.07, 6.45) is 0.111. The van der Waals surface area contributed by atoms with Crippen molar-refractivity contribution in [2.45, 2.75) is 51.9 Å². The summed E-state index contributed by atoms with van der Waals surface area (Å²) in [5, 5.41) is 14.4. The van der Waals surface area contributed by atoms with Crippen LogP contribution in [0, 0.1) is 0 Å². The zero-order valence-corrected chi connectivity index (χ0v) is 17.0. The lowest BCUT2D eigenvalue weighted by atomic mass is 10.1. The van der Waals surface area contributed by atoms with Crippen molar-refractivity contribution >= 4 is 11.9 Å². The van der Waals surface area contributed by atoms with E-state index in [1.165, 1.54) is 4.68 Å². The van der Waals surface area contributed by atoms with Crippen LogP contribution in [0.5, 0.6) is 0 Å². The standard InChI is InChI=1S/C19H28N6O4/c1-4-29-16(26)10-11-25-17(22-23-24-25)15(21-18(27)19(2,3)20)13-28-12-14-8-6-5-7-9-14/h5-9,15H,4,10-13,20H2,1-3H3,(H,21,27)/t15-/m1/s1. The molecule has 0 spiro atoms. The molecule has 3 N–H and O–H groups in total. The Bertz CT molecular complexity index is 787. The Kier molecular flexibility index (Phi) is 8.22. The number of amides is 1. The van der Waals surface area contributed by atoms with Gasteiger partial charge in [0.25, 0.3) is 0 Å². The van der Waals surface area contributed by atoms with Crippen molar-refractivity contribution in [3.63, 3.8) is 0 Å². The van der Waals surface area contributed by atoms with Crippen molar-refractivity contribution in [2.75, 3.05) is 13.2 Å². The first-order valence-corrected chi connectivity index (χ1v) is 9.44. The number of ether oxygens (including phenoxy) is 2. The lowest BCUT2D eigenvalue weighted by molar-refractivity contribution is -0.143. The van der Waals surface area contributed by atoms with E-state index in [4.69, 9.17) is 15.2 Å². The van der Waals surface area contributed by atoms with E-state index < -0.39 is 11.6 Å². The van der Waals surface area contributed by atoms with Crippen molar-refractivity contribution in [1.82, 2.24) is 25.5 Å². The zero-order chi connectivity index (χ0) is 21.3. The third-order valence-electron chi connectivity index (χ3n) is 3.99. The summed E-state index contributed by atoms with van der Waals surface area (Å²) in [6.45, 7) is 5.98. The van der Waals surface area contributed by atoms with Gasteiger partial charge in [-0.15, -0.1) is 5.10 Å². The summed E-state index contributed by atoms with van der Waals surface area (Å²) in [6, 6.07) is 9.02. The Morgan fingerprint density at radius 2 is 2.00 bits per heavy atom. The van der Waals surface area contributed by atoms with Gasteiger partial charge in [0, 0.05) is 0 Å². The maximum absolute atomic E-state index is 12.4. The second-order valence-electron chi connectivity index (χ2n) is 7.06.